The standard InChI is InChI=1S/C84H128O8/c1-5-9-13-17-21-25-29-33-37-41-45-49-77(85)65-53-69-61-71-55-66(78(86)50-46-42-38-34-30-26-22-18-14-10-6-2)57-73(82(71)90)63-75-59-68(80(88)52-48-44-40-36-32-28-24-20-16-12-8-4)60-76(84(75)92)64-74-58-67(56-72(83(74)91)62-70(54-65)81(69)89)79(87)51-47-43-39-35-31-27-23-19-15-11-7-3/h53-60,89-92H,5-52,61-64H2,1-4H3. The molecule has 5 rings (SSSR count). The van der Waals surface area contributed by atoms with Gasteiger partial charge in [0.05, 0.1) is 0 Å². The molecule has 512 valence electrons. The van der Waals surface area contributed by atoms with Crippen molar-refractivity contribution in [2.75, 3.05) is 0 Å². The summed E-state index contributed by atoms with van der Waals surface area (Å²) in [6.07, 6.45) is 52.5. The average molecular weight is 1270 g/mol. The van der Waals surface area contributed by atoms with Gasteiger partial charge in [0, 0.05) is 73.6 Å². The molecule has 92 heavy (non-hydrogen) atoms. The topological polar surface area (TPSA) is 149 Å². The highest BCUT2D eigenvalue weighted by Crippen LogP contribution is 2.40. The Hall–Kier alpha value is -5.24. The zero-order chi connectivity index (χ0) is 66.0. The highest BCUT2D eigenvalue weighted by molar-refractivity contribution is 5.99. The first-order chi connectivity index (χ1) is 44.9. The lowest BCUT2D eigenvalue weighted by atomic mass is 9.86. The minimum absolute atomic E-state index is 0.0137. The Balaban J connectivity index is 1.50. The van der Waals surface area contributed by atoms with Crippen LogP contribution in [0.1, 0.15) is 422 Å². The number of Topliss-reactive ketones (excluding diaryl/α,β-unsaturated/α-hetero) is 4. The van der Waals surface area contributed by atoms with Crippen LogP contribution < -0.4 is 0 Å². The molecular weight excluding hydrogens is 1140 g/mol. The van der Waals surface area contributed by atoms with Crippen LogP contribution in [-0.4, -0.2) is 43.6 Å². The van der Waals surface area contributed by atoms with Gasteiger partial charge >= 0.3 is 0 Å². The number of phenols is 4. The van der Waals surface area contributed by atoms with E-state index in [9.17, 15) is 39.6 Å². The van der Waals surface area contributed by atoms with E-state index in [4.69, 9.17) is 0 Å². The molecule has 0 atom stereocenters. The fourth-order valence-electron chi connectivity index (χ4n) is 14.0. The zero-order valence-electron chi connectivity index (χ0n) is 58.8. The van der Waals surface area contributed by atoms with E-state index in [1.165, 1.54) is 180 Å². The third-order valence-corrected chi connectivity index (χ3v) is 19.9. The number of hydrogen-bond acceptors (Lipinski definition) is 8. The number of carbonyl (C=O) groups excluding carboxylic acids is 4. The highest BCUT2D eigenvalue weighted by atomic mass is 16.3. The van der Waals surface area contributed by atoms with E-state index in [-0.39, 0.29) is 71.8 Å². The third kappa shape index (κ3) is 29.2. The number of ketones is 4. The van der Waals surface area contributed by atoms with E-state index >= 15 is 0 Å². The second-order valence-corrected chi connectivity index (χ2v) is 28.1. The first-order valence-electron chi connectivity index (χ1n) is 38.4. The molecule has 4 aromatic rings. The quantitative estimate of drug-likeness (QED) is 0.0222. The number of rotatable bonds is 52. The molecule has 0 radical (unpaired) electrons. The molecule has 8 heteroatoms. The molecule has 1 aliphatic rings. The van der Waals surface area contributed by atoms with Crippen LogP contribution in [0.5, 0.6) is 23.0 Å². The minimum Gasteiger partial charge on any atom is -0.507 e. The third-order valence-electron chi connectivity index (χ3n) is 19.9. The molecule has 0 unspecified atom stereocenters. The predicted octanol–water partition coefficient (Wildman–Crippen LogP) is 24.7. The highest BCUT2D eigenvalue weighted by Gasteiger charge is 2.25. The summed E-state index contributed by atoms with van der Waals surface area (Å²) in [6.45, 7) is 8.98. The lowest BCUT2D eigenvalue weighted by Gasteiger charge is -2.20. The maximum atomic E-state index is 14.4. The Bertz CT molecular complexity index is 2300. The van der Waals surface area contributed by atoms with Crippen molar-refractivity contribution in [1.29, 1.82) is 0 Å². The summed E-state index contributed by atoms with van der Waals surface area (Å²) in [6, 6.07) is 13.8. The molecule has 0 amide bonds. The number of phenolic OH excluding ortho intramolecular Hbond substituents is 4. The number of benzene rings is 4. The number of unbranched alkanes of at least 4 members (excludes halogenated alkanes) is 40. The lowest BCUT2D eigenvalue weighted by Crippen LogP contribution is -2.09. The SMILES string of the molecule is CCCCCCCCCCCCCC(=O)c1cc2c(O)c(c1)Cc1cc(C(=O)CCCCCCCCCCCCC)cc(c1O)Cc1cc(C(=O)CCCCCCCCCCCCC)cc(c1O)Cc1cc(C(=O)CCCCCCCCCCCCC)cc(c1O)C2. The number of fused-ring (bicyclic) bond motifs is 8. The number of carbonyl (C=O) groups is 4. The predicted molar refractivity (Wildman–Crippen MR) is 385 cm³/mol. The molecule has 0 saturated heterocycles. The van der Waals surface area contributed by atoms with Crippen molar-refractivity contribution in [1.82, 2.24) is 0 Å². The van der Waals surface area contributed by atoms with Crippen molar-refractivity contribution in [3.05, 3.63) is 115 Å². The Morgan fingerprint density at radius 2 is 0.337 bits per heavy atom. The van der Waals surface area contributed by atoms with E-state index in [1.54, 1.807) is 48.5 Å². The van der Waals surface area contributed by atoms with Crippen molar-refractivity contribution >= 4 is 23.1 Å². The van der Waals surface area contributed by atoms with E-state index in [0.29, 0.717) is 92.4 Å². The average Bonchev–Trinajstić information content (AvgIpc) is 0.805. The molecular formula is C84H128O8. The van der Waals surface area contributed by atoms with Gasteiger partial charge in [0.2, 0.25) is 0 Å². The van der Waals surface area contributed by atoms with Crippen molar-refractivity contribution < 1.29 is 39.6 Å². The molecule has 0 spiro atoms. The fourth-order valence-corrected chi connectivity index (χ4v) is 14.0. The molecule has 8 bridgehead atoms. The van der Waals surface area contributed by atoms with Gasteiger partial charge in [-0.1, -0.05) is 285 Å². The second kappa shape index (κ2) is 46.8. The number of aromatic hydroxyl groups is 4. The fraction of sp³-hybridized carbons (Fsp3) is 0.667. The summed E-state index contributed by atoms with van der Waals surface area (Å²) in [5, 5.41) is 50.0. The summed E-state index contributed by atoms with van der Waals surface area (Å²) in [7, 11) is 0. The van der Waals surface area contributed by atoms with Gasteiger partial charge in [0.1, 0.15) is 23.0 Å². The molecule has 0 heterocycles. The summed E-state index contributed by atoms with van der Waals surface area (Å²) >= 11 is 0. The Morgan fingerprint density at radius 1 is 0.217 bits per heavy atom. The van der Waals surface area contributed by atoms with Gasteiger partial charge in [-0.3, -0.25) is 19.2 Å². The van der Waals surface area contributed by atoms with E-state index in [0.717, 1.165) is 103 Å². The summed E-state index contributed by atoms with van der Waals surface area (Å²) < 4.78 is 0. The Kier molecular flexibility index (Phi) is 39.4. The second-order valence-electron chi connectivity index (χ2n) is 28.1. The zero-order valence-corrected chi connectivity index (χ0v) is 58.8. The summed E-state index contributed by atoms with van der Waals surface area (Å²) in [4.78, 5) is 57.7. The molecule has 8 nitrogen and oxygen atoms in total. The first-order valence-corrected chi connectivity index (χ1v) is 38.4. The van der Waals surface area contributed by atoms with Crippen molar-refractivity contribution in [3.8, 4) is 23.0 Å². The van der Waals surface area contributed by atoms with Crippen LogP contribution in [0.25, 0.3) is 0 Å². The molecule has 0 fully saturated rings. The van der Waals surface area contributed by atoms with Gasteiger partial charge in [0.15, 0.2) is 23.1 Å². The summed E-state index contributed by atoms with van der Waals surface area (Å²) in [5.74, 6) is -0.531. The van der Waals surface area contributed by atoms with Crippen molar-refractivity contribution in [2.24, 2.45) is 0 Å². The maximum Gasteiger partial charge on any atom is 0.162 e. The van der Waals surface area contributed by atoms with Crippen molar-refractivity contribution in [2.45, 2.75) is 362 Å². The van der Waals surface area contributed by atoms with Crippen LogP contribution in [0.4, 0.5) is 0 Å². The van der Waals surface area contributed by atoms with Crippen molar-refractivity contribution in [3.63, 3.8) is 0 Å². The molecule has 0 aromatic heterocycles. The molecule has 1 aliphatic carbocycles. The van der Waals surface area contributed by atoms with E-state index in [2.05, 4.69) is 27.7 Å². The van der Waals surface area contributed by atoms with Gasteiger partial charge in [-0.05, 0) is 119 Å². The van der Waals surface area contributed by atoms with E-state index < -0.39 is 0 Å². The van der Waals surface area contributed by atoms with Gasteiger partial charge in [-0.15, -0.1) is 0 Å². The first kappa shape index (κ1) is 77.5. The van der Waals surface area contributed by atoms with Gasteiger partial charge < -0.3 is 20.4 Å². The van der Waals surface area contributed by atoms with Crippen LogP contribution in [-0.2, 0) is 25.7 Å². The smallest absolute Gasteiger partial charge is 0.162 e. The summed E-state index contributed by atoms with van der Waals surface area (Å²) in [5.41, 5.74) is 4.91. The van der Waals surface area contributed by atoms with Gasteiger partial charge in [0.25, 0.3) is 0 Å². The molecule has 0 saturated carbocycles. The normalized spacial score (nSPS) is 12.2. The monoisotopic (exact) mass is 1260 g/mol. The Morgan fingerprint density at radius 3 is 0.467 bits per heavy atom. The minimum atomic E-state index is -0.0792. The van der Waals surface area contributed by atoms with Crippen LogP contribution in [0.2, 0.25) is 0 Å². The van der Waals surface area contributed by atoms with Gasteiger partial charge in [-0.2, -0.15) is 0 Å². The largest absolute Gasteiger partial charge is 0.507 e. The molecule has 0 aliphatic heterocycles. The van der Waals surface area contributed by atoms with Crippen LogP contribution in [0, 0.1) is 0 Å². The molecule has 4 aromatic carbocycles. The lowest BCUT2D eigenvalue weighted by molar-refractivity contribution is 0.0971. The van der Waals surface area contributed by atoms with Crippen LogP contribution in [0.3, 0.4) is 0 Å². The van der Waals surface area contributed by atoms with Crippen LogP contribution >= 0.6 is 0 Å². The maximum absolute atomic E-state index is 14.4. The van der Waals surface area contributed by atoms with Gasteiger partial charge in [-0.25, -0.2) is 0 Å². The molecule has 4 N–H and O–H groups in total. The van der Waals surface area contributed by atoms with E-state index in [1.807, 2.05) is 0 Å². The Labute approximate surface area is 559 Å². The number of hydrogen-bond donors (Lipinski definition) is 4. The van der Waals surface area contributed by atoms with Crippen LogP contribution in [0.15, 0.2) is 48.5 Å².